The molecule has 0 radical (unpaired) electrons. The summed E-state index contributed by atoms with van der Waals surface area (Å²) in [7, 11) is 0. The fraction of sp³-hybridized carbons (Fsp3) is 0.524. The average molecular weight is 342 g/mol. The summed E-state index contributed by atoms with van der Waals surface area (Å²) < 4.78 is 5.78. The molecule has 136 valence electrons. The van der Waals surface area contributed by atoms with E-state index in [0.29, 0.717) is 19.2 Å². The number of allylic oxidation sites excluding steroid dienone is 5. The van der Waals surface area contributed by atoms with Crippen LogP contribution in [-0.2, 0) is 11.2 Å². The molecule has 0 bridgehead atoms. The Morgan fingerprint density at radius 2 is 2.08 bits per heavy atom. The van der Waals surface area contributed by atoms with Crippen LogP contribution in [0, 0.1) is 6.92 Å². The maximum absolute atomic E-state index is 9.95. The van der Waals surface area contributed by atoms with E-state index in [1.165, 1.54) is 28.1 Å². The molecule has 0 spiro atoms. The summed E-state index contributed by atoms with van der Waals surface area (Å²) >= 11 is 0. The van der Waals surface area contributed by atoms with Crippen LogP contribution >= 0.6 is 0 Å². The third kappa shape index (κ3) is 4.44. The lowest BCUT2D eigenvalue weighted by Gasteiger charge is -2.19. The van der Waals surface area contributed by atoms with Crippen LogP contribution in [0.2, 0.25) is 0 Å². The molecule has 1 atom stereocenters. The van der Waals surface area contributed by atoms with Gasteiger partial charge in [0, 0.05) is 30.4 Å². The number of aliphatic hydroxyl groups excluding tert-OH is 1. The van der Waals surface area contributed by atoms with E-state index >= 15 is 0 Å². The van der Waals surface area contributed by atoms with Crippen molar-refractivity contribution in [2.45, 2.75) is 58.6 Å². The zero-order valence-corrected chi connectivity index (χ0v) is 15.6. The first-order valence-corrected chi connectivity index (χ1v) is 9.37. The summed E-state index contributed by atoms with van der Waals surface area (Å²) in [6, 6.07) is 0.374. The van der Waals surface area contributed by atoms with Gasteiger partial charge in [0.25, 0.3) is 0 Å². The van der Waals surface area contributed by atoms with E-state index in [4.69, 9.17) is 4.74 Å². The van der Waals surface area contributed by atoms with Gasteiger partial charge in [-0.05, 0) is 49.0 Å². The van der Waals surface area contributed by atoms with Crippen molar-refractivity contribution in [2.75, 3.05) is 13.2 Å². The SMILES string of the molecule is Cc1c(C2=CC=C(OCC(O)CNC(C)C)CC2)[nH]c2c1C=CCC2. The molecule has 1 unspecified atom stereocenters. The normalized spacial score (nSPS) is 18.0. The molecule has 25 heavy (non-hydrogen) atoms. The van der Waals surface area contributed by atoms with Gasteiger partial charge in [0.2, 0.25) is 0 Å². The Hall–Kier alpha value is -1.78. The number of nitrogens with one attached hydrogen (secondary N) is 2. The van der Waals surface area contributed by atoms with Crippen molar-refractivity contribution >= 4 is 11.6 Å². The van der Waals surface area contributed by atoms with Crippen molar-refractivity contribution in [3.05, 3.63) is 46.5 Å². The smallest absolute Gasteiger partial charge is 0.115 e. The van der Waals surface area contributed by atoms with E-state index in [-0.39, 0.29) is 0 Å². The molecule has 0 aliphatic heterocycles. The summed E-state index contributed by atoms with van der Waals surface area (Å²) in [5.74, 6) is 0.959. The van der Waals surface area contributed by atoms with E-state index in [0.717, 1.165) is 31.4 Å². The molecular formula is C21H30N2O2. The molecule has 4 heteroatoms. The molecule has 3 N–H and O–H groups in total. The van der Waals surface area contributed by atoms with Crippen LogP contribution in [0.4, 0.5) is 0 Å². The zero-order chi connectivity index (χ0) is 17.8. The van der Waals surface area contributed by atoms with E-state index in [2.05, 4.69) is 55.4 Å². The molecule has 1 aromatic rings. The topological polar surface area (TPSA) is 57.3 Å². The van der Waals surface area contributed by atoms with Gasteiger partial charge in [-0.25, -0.2) is 0 Å². The Balaban J connectivity index is 1.60. The van der Waals surface area contributed by atoms with Gasteiger partial charge in [0.15, 0.2) is 0 Å². The van der Waals surface area contributed by atoms with E-state index < -0.39 is 6.10 Å². The number of hydrogen-bond donors (Lipinski definition) is 3. The van der Waals surface area contributed by atoms with Crippen LogP contribution in [0.1, 0.15) is 55.6 Å². The minimum atomic E-state index is -0.474. The third-order valence-corrected chi connectivity index (χ3v) is 4.88. The first-order chi connectivity index (χ1) is 12.0. The first-order valence-electron chi connectivity index (χ1n) is 9.37. The molecule has 0 aromatic carbocycles. The highest BCUT2D eigenvalue weighted by Gasteiger charge is 2.18. The Labute approximate surface area is 150 Å². The second kappa shape index (κ2) is 8.07. The zero-order valence-electron chi connectivity index (χ0n) is 15.6. The molecule has 0 saturated heterocycles. The molecule has 0 fully saturated rings. The second-order valence-corrected chi connectivity index (χ2v) is 7.31. The molecule has 1 heterocycles. The number of fused-ring (bicyclic) bond motifs is 1. The molecule has 0 amide bonds. The number of rotatable bonds is 7. The predicted molar refractivity (Wildman–Crippen MR) is 103 cm³/mol. The van der Waals surface area contributed by atoms with E-state index in [1.54, 1.807) is 0 Å². The first kappa shape index (κ1) is 18.0. The maximum atomic E-state index is 9.95. The standard InChI is InChI=1S/C21H30N2O2/c1-14(2)22-12-17(24)13-25-18-10-8-16(9-11-18)21-15(3)19-6-4-5-7-20(19)23-21/h4,6,8,10,14,17,22-24H,5,7,9,11-13H2,1-3H3. The van der Waals surface area contributed by atoms with Crippen molar-refractivity contribution in [3.8, 4) is 0 Å². The van der Waals surface area contributed by atoms with Gasteiger partial charge in [-0.2, -0.15) is 0 Å². The Morgan fingerprint density at radius 1 is 1.24 bits per heavy atom. The number of aryl methyl sites for hydroxylation is 1. The number of H-pyrrole nitrogens is 1. The van der Waals surface area contributed by atoms with Gasteiger partial charge in [-0.1, -0.05) is 32.1 Å². The van der Waals surface area contributed by atoms with Crippen LogP contribution in [0.15, 0.2) is 24.0 Å². The summed E-state index contributed by atoms with van der Waals surface area (Å²) in [5, 5.41) is 13.2. The van der Waals surface area contributed by atoms with Crippen LogP contribution in [0.25, 0.3) is 11.6 Å². The van der Waals surface area contributed by atoms with Gasteiger partial charge in [-0.15, -0.1) is 0 Å². The lowest BCUT2D eigenvalue weighted by atomic mass is 9.96. The van der Waals surface area contributed by atoms with Gasteiger partial charge >= 0.3 is 0 Å². The fourth-order valence-electron chi connectivity index (χ4n) is 3.43. The maximum Gasteiger partial charge on any atom is 0.115 e. The highest BCUT2D eigenvalue weighted by molar-refractivity contribution is 5.74. The van der Waals surface area contributed by atoms with Crippen molar-refractivity contribution in [1.29, 1.82) is 0 Å². The van der Waals surface area contributed by atoms with E-state index in [9.17, 15) is 5.11 Å². The van der Waals surface area contributed by atoms with E-state index in [1.807, 2.05) is 0 Å². The van der Waals surface area contributed by atoms with Crippen molar-refractivity contribution in [1.82, 2.24) is 10.3 Å². The Bertz CT molecular complexity index is 695. The number of aromatic nitrogens is 1. The quantitative estimate of drug-likeness (QED) is 0.708. The van der Waals surface area contributed by atoms with Crippen molar-refractivity contribution < 1.29 is 9.84 Å². The third-order valence-electron chi connectivity index (χ3n) is 4.88. The number of aromatic amines is 1. The fourth-order valence-corrected chi connectivity index (χ4v) is 3.43. The van der Waals surface area contributed by atoms with Gasteiger partial charge in [-0.3, -0.25) is 0 Å². The molecule has 4 nitrogen and oxygen atoms in total. The molecule has 3 rings (SSSR count). The summed E-state index contributed by atoms with van der Waals surface area (Å²) in [6.07, 6.45) is 12.3. The van der Waals surface area contributed by atoms with Gasteiger partial charge in [0.1, 0.15) is 12.7 Å². The minimum Gasteiger partial charge on any atom is -0.495 e. The van der Waals surface area contributed by atoms with Crippen LogP contribution in [0.3, 0.4) is 0 Å². The van der Waals surface area contributed by atoms with Crippen LogP contribution < -0.4 is 5.32 Å². The van der Waals surface area contributed by atoms with Gasteiger partial charge < -0.3 is 20.1 Å². The Morgan fingerprint density at radius 3 is 2.76 bits per heavy atom. The Kier molecular flexibility index (Phi) is 5.82. The number of ether oxygens (including phenoxy) is 1. The van der Waals surface area contributed by atoms with Crippen LogP contribution in [-0.4, -0.2) is 35.4 Å². The summed E-state index contributed by atoms with van der Waals surface area (Å²) in [6.45, 7) is 7.25. The van der Waals surface area contributed by atoms with Crippen LogP contribution in [0.5, 0.6) is 0 Å². The van der Waals surface area contributed by atoms with Gasteiger partial charge in [0.05, 0.1) is 5.76 Å². The lowest BCUT2D eigenvalue weighted by Crippen LogP contribution is -2.34. The van der Waals surface area contributed by atoms with Crippen molar-refractivity contribution in [3.63, 3.8) is 0 Å². The molecule has 1 aromatic heterocycles. The lowest BCUT2D eigenvalue weighted by molar-refractivity contribution is 0.0670. The average Bonchev–Trinajstić information content (AvgIpc) is 2.96. The highest BCUT2D eigenvalue weighted by atomic mass is 16.5. The molecule has 2 aliphatic rings. The monoisotopic (exact) mass is 342 g/mol. The molecular weight excluding hydrogens is 312 g/mol. The number of aliphatic hydroxyl groups is 1. The predicted octanol–water partition coefficient (Wildman–Crippen LogP) is 3.72. The molecule has 0 saturated carbocycles. The largest absolute Gasteiger partial charge is 0.495 e. The summed E-state index contributed by atoms with van der Waals surface area (Å²) in [5.41, 5.74) is 6.70. The molecule has 2 aliphatic carbocycles. The highest BCUT2D eigenvalue weighted by Crippen LogP contribution is 2.33. The summed E-state index contributed by atoms with van der Waals surface area (Å²) in [4.78, 5) is 3.63. The van der Waals surface area contributed by atoms with Crippen molar-refractivity contribution in [2.24, 2.45) is 0 Å². The number of hydrogen-bond acceptors (Lipinski definition) is 3. The second-order valence-electron chi connectivity index (χ2n) is 7.31. The minimum absolute atomic E-state index is 0.343.